The highest BCUT2D eigenvalue weighted by molar-refractivity contribution is 8.14. The van der Waals surface area contributed by atoms with E-state index in [4.69, 9.17) is 4.74 Å². The lowest BCUT2D eigenvalue weighted by atomic mass is 10.0. The van der Waals surface area contributed by atoms with Gasteiger partial charge in [0.15, 0.2) is 10.2 Å². The number of thioether (sulfide) groups is 2. The van der Waals surface area contributed by atoms with Crippen LogP contribution >= 0.6 is 23.5 Å². The van der Waals surface area contributed by atoms with Crippen LogP contribution in [0.15, 0.2) is 46.2 Å². The van der Waals surface area contributed by atoms with E-state index in [1.54, 1.807) is 0 Å². The minimum Gasteiger partial charge on any atom is -0.457 e. The molecule has 2 aromatic carbocycles. The number of rotatable bonds is 14. The van der Waals surface area contributed by atoms with Crippen molar-refractivity contribution in [3.63, 3.8) is 0 Å². The SMILES string of the molecule is CCN(CC)CCCC(=O)Sc1ccc2c(c1)Cc1c(cccc1SC(=O)CCCN(CC)CC)O2. The second-order valence-corrected chi connectivity index (χ2v) is 11.2. The molecule has 0 saturated carbocycles. The third kappa shape index (κ3) is 8.37. The molecule has 2 aromatic rings. The number of hydrogen-bond donors (Lipinski definition) is 0. The van der Waals surface area contributed by atoms with Crippen LogP contribution in [0, 0.1) is 0 Å². The molecule has 0 aliphatic carbocycles. The van der Waals surface area contributed by atoms with Gasteiger partial charge < -0.3 is 14.5 Å². The highest BCUT2D eigenvalue weighted by atomic mass is 32.2. The summed E-state index contributed by atoms with van der Waals surface area (Å²) in [6, 6.07) is 11.9. The quantitative estimate of drug-likeness (QED) is 0.212. The number of carbonyl (C=O) groups excluding carboxylic acids is 2. The minimum absolute atomic E-state index is 0.195. The molecule has 7 heteroatoms. The third-order valence-electron chi connectivity index (χ3n) is 6.66. The van der Waals surface area contributed by atoms with Gasteiger partial charge in [0.25, 0.3) is 0 Å². The lowest BCUT2D eigenvalue weighted by Crippen LogP contribution is -2.24. The summed E-state index contributed by atoms with van der Waals surface area (Å²) in [4.78, 5) is 31.9. The Morgan fingerprint density at radius 1 is 0.806 bits per heavy atom. The van der Waals surface area contributed by atoms with Gasteiger partial charge in [0.1, 0.15) is 11.5 Å². The van der Waals surface area contributed by atoms with Gasteiger partial charge in [-0.25, -0.2) is 0 Å². The van der Waals surface area contributed by atoms with Crippen molar-refractivity contribution in [3.8, 4) is 11.5 Å². The molecule has 0 radical (unpaired) electrons. The summed E-state index contributed by atoms with van der Waals surface area (Å²) in [6.07, 6.45) is 3.61. The molecule has 0 N–H and O–H groups in total. The maximum absolute atomic E-state index is 12.7. The zero-order valence-electron chi connectivity index (χ0n) is 22.2. The molecule has 1 aliphatic heterocycles. The number of hydrogen-bond acceptors (Lipinski definition) is 7. The maximum Gasteiger partial charge on any atom is 0.193 e. The van der Waals surface area contributed by atoms with Crippen molar-refractivity contribution in [2.45, 2.75) is 69.6 Å². The normalized spacial score (nSPS) is 12.4. The Balaban J connectivity index is 1.59. The van der Waals surface area contributed by atoms with Gasteiger partial charge in [0.2, 0.25) is 0 Å². The molecule has 0 bridgehead atoms. The van der Waals surface area contributed by atoms with Crippen LogP contribution in [0.4, 0.5) is 0 Å². The van der Waals surface area contributed by atoms with Crippen LogP contribution < -0.4 is 4.74 Å². The summed E-state index contributed by atoms with van der Waals surface area (Å²) in [6.45, 7) is 14.6. The zero-order chi connectivity index (χ0) is 25.9. The van der Waals surface area contributed by atoms with E-state index in [0.717, 1.165) is 84.5 Å². The molecule has 0 spiro atoms. The van der Waals surface area contributed by atoms with Crippen molar-refractivity contribution in [1.82, 2.24) is 9.80 Å². The number of fused-ring (bicyclic) bond motifs is 2. The van der Waals surface area contributed by atoms with E-state index in [1.807, 2.05) is 30.3 Å². The molecule has 5 nitrogen and oxygen atoms in total. The summed E-state index contributed by atoms with van der Waals surface area (Å²) >= 11 is 2.65. The van der Waals surface area contributed by atoms with Gasteiger partial charge in [0.05, 0.1) is 0 Å². The average Bonchev–Trinajstić information content (AvgIpc) is 2.88. The highest BCUT2D eigenvalue weighted by Crippen LogP contribution is 2.42. The zero-order valence-corrected chi connectivity index (χ0v) is 23.8. The largest absolute Gasteiger partial charge is 0.457 e. The number of ether oxygens (including phenoxy) is 1. The first-order chi connectivity index (χ1) is 17.5. The number of nitrogens with zero attached hydrogens (tertiary/aromatic N) is 2. The van der Waals surface area contributed by atoms with Crippen LogP contribution in [0.1, 0.15) is 64.5 Å². The first-order valence-electron chi connectivity index (χ1n) is 13.3. The van der Waals surface area contributed by atoms with Crippen LogP contribution in [0.5, 0.6) is 11.5 Å². The lowest BCUT2D eigenvalue weighted by molar-refractivity contribution is -0.111. The molecule has 1 aliphatic rings. The van der Waals surface area contributed by atoms with Gasteiger partial charge in [-0.05, 0) is 82.4 Å². The lowest BCUT2D eigenvalue weighted by Gasteiger charge is -2.23. The van der Waals surface area contributed by atoms with Crippen molar-refractivity contribution in [3.05, 3.63) is 47.5 Å². The Hall–Kier alpha value is -1.80. The second-order valence-electron chi connectivity index (χ2n) is 8.99. The molecule has 0 aromatic heterocycles. The van der Waals surface area contributed by atoms with E-state index in [0.29, 0.717) is 19.3 Å². The molecule has 0 unspecified atom stereocenters. The fraction of sp³-hybridized carbons (Fsp3) is 0.517. The smallest absolute Gasteiger partial charge is 0.193 e. The van der Waals surface area contributed by atoms with E-state index in [9.17, 15) is 9.59 Å². The highest BCUT2D eigenvalue weighted by Gasteiger charge is 2.22. The summed E-state index contributed by atoms with van der Waals surface area (Å²) in [5.41, 5.74) is 2.12. The van der Waals surface area contributed by atoms with Crippen LogP contribution in [0.2, 0.25) is 0 Å². The molecule has 0 saturated heterocycles. The fourth-order valence-electron chi connectivity index (χ4n) is 4.41. The predicted molar refractivity (Wildman–Crippen MR) is 152 cm³/mol. The van der Waals surface area contributed by atoms with Gasteiger partial charge in [-0.3, -0.25) is 9.59 Å². The summed E-state index contributed by atoms with van der Waals surface area (Å²) < 4.78 is 6.19. The summed E-state index contributed by atoms with van der Waals surface area (Å²) in [5, 5.41) is 0.395. The topological polar surface area (TPSA) is 49.9 Å². The maximum atomic E-state index is 12.7. The molecule has 0 fully saturated rings. The van der Waals surface area contributed by atoms with Crippen LogP contribution in [0.3, 0.4) is 0 Å². The number of benzene rings is 2. The average molecular weight is 529 g/mol. The molecule has 1 heterocycles. The van der Waals surface area contributed by atoms with Crippen molar-refractivity contribution < 1.29 is 14.3 Å². The summed E-state index contributed by atoms with van der Waals surface area (Å²) in [7, 11) is 0. The molecular weight excluding hydrogens is 488 g/mol. The standard InChI is InChI=1S/C29H40N2O3S2/c1-5-30(6-2)18-10-14-28(32)35-23-16-17-25-22(20-23)21-24-26(34-25)12-9-13-27(24)36-29(33)15-11-19-31(7-3)8-4/h9,12-13,16-17,20H,5-8,10-11,14-15,18-19,21H2,1-4H3. The van der Waals surface area contributed by atoms with Gasteiger partial charge in [-0.1, -0.05) is 57.3 Å². The minimum atomic E-state index is 0.195. The van der Waals surface area contributed by atoms with Crippen molar-refractivity contribution in [1.29, 1.82) is 0 Å². The Bertz CT molecular complexity index is 1020. The molecule has 0 amide bonds. The van der Waals surface area contributed by atoms with Crippen molar-refractivity contribution in [2.75, 3.05) is 39.3 Å². The van der Waals surface area contributed by atoms with E-state index in [1.165, 1.54) is 23.5 Å². The Morgan fingerprint density at radius 2 is 1.42 bits per heavy atom. The molecule has 3 rings (SSSR count). The Kier molecular flexibility index (Phi) is 11.8. The monoisotopic (exact) mass is 528 g/mol. The Morgan fingerprint density at radius 3 is 2.03 bits per heavy atom. The summed E-state index contributed by atoms with van der Waals surface area (Å²) in [5.74, 6) is 1.64. The van der Waals surface area contributed by atoms with Crippen LogP contribution in [-0.2, 0) is 16.0 Å². The van der Waals surface area contributed by atoms with E-state index < -0.39 is 0 Å². The molecular formula is C29H40N2O3S2. The predicted octanol–water partition coefficient (Wildman–Crippen LogP) is 6.86. The van der Waals surface area contributed by atoms with E-state index in [-0.39, 0.29) is 10.2 Å². The van der Waals surface area contributed by atoms with Gasteiger partial charge in [-0.2, -0.15) is 0 Å². The van der Waals surface area contributed by atoms with Gasteiger partial charge in [0, 0.05) is 40.2 Å². The van der Waals surface area contributed by atoms with E-state index in [2.05, 4.69) is 43.6 Å². The van der Waals surface area contributed by atoms with Gasteiger partial charge >= 0.3 is 0 Å². The number of carbonyl (C=O) groups is 2. The first kappa shape index (κ1) is 28.8. The first-order valence-corrected chi connectivity index (χ1v) is 14.9. The second kappa shape index (κ2) is 14.8. The molecule has 196 valence electrons. The Labute approximate surface area is 225 Å². The van der Waals surface area contributed by atoms with Crippen LogP contribution in [0.25, 0.3) is 0 Å². The third-order valence-corrected chi connectivity index (χ3v) is 8.62. The van der Waals surface area contributed by atoms with Crippen LogP contribution in [-0.4, -0.2) is 59.3 Å². The molecule has 36 heavy (non-hydrogen) atoms. The van der Waals surface area contributed by atoms with Crippen molar-refractivity contribution in [2.24, 2.45) is 0 Å². The van der Waals surface area contributed by atoms with Gasteiger partial charge in [-0.15, -0.1) is 0 Å². The van der Waals surface area contributed by atoms with E-state index >= 15 is 0 Å². The van der Waals surface area contributed by atoms with Crippen molar-refractivity contribution >= 4 is 33.8 Å². The molecule has 0 atom stereocenters. The fourth-order valence-corrected chi connectivity index (χ4v) is 6.19.